The van der Waals surface area contributed by atoms with Gasteiger partial charge < -0.3 is 24.7 Å². The Balaban J connectivity index is 1.88. The van der Waals surface area contributed by atoms with Crippen LogP contribution in [-0.2, 0) is 56.6 Å². The quantitative estimate of drug-likeness (QED) is 0.486. The lowest BCUT2D eigenvalue weighted by atomic mass is 9.61. The number of benzene rings is 2. The number of Topliss-reactive ketones (excluding diaryl/α,β-unsaturated/α-hetero) is 1. The predicted molar refractivity (Wildman–Crippen MR) is 121 cm³/mol. The first-order chi connectivity index (χ1) is 16.8. The highest BCUT2D eigenvalue weighted by Gasteiger charge is 2.65. The van der Waals surface area contributed by atoms with Crippen LogP contribution in [0.3, 0.4) is 0 Å². The standard InChI is InChI=1S/C26H25NO8/c1-32-20(29)13-18-21(24(30)33-2)26(17-11-7-6-10-16(17)12-19(26)28)22(23(27)35-18)25(31)34-14-15-8-4-3-5-9-15/h3-11,18,21H,12-14,27H2,1-2H3. The number of methoxy groups -OCH3 is 2. The van der Waals surface area contributed by atoms with Gasteiger partial charge in [-0.2, -0.15) is 0 Å². The molecule has 182 valence electrons. The third-order valence-electron chi connectivity index (χ3n) is 6.46. The fourth-order valence-corrected chi connectivity index (χ4v) is 4.98. The number of carbonyl (C=O) groups is 4. The molecule has 0 aromatic heterocycles. The summed E-state index contributed by atoms with van der Waals surface area (Å²) < 4.78 is 21.1. The number of esters is 3. The molecule has 2 aromatic carbocycles. The molecule has 2 N–H and O–H groups in total. The maximum atomic E-state index is 13.8. The summed E-state index contributed by atoms with van der Waals surface area (Å²) in [5.41, 5.74) is 5.88. The maximum Gasteiger partial charge on any atom is 0.341 e. The summed E-state index contributed by atoms with van der Waals surface area (Å²) in [5, 5.41) is 0. The van der Waals surface area contributed by atoms with Crippen LogP contribution in [0.25, 0.3) is 0 Å². The lowest BCUT2D eigenvalue weighted by Gasteiger charge is -2.44. The van der Waals surface area contributed by atoms with Gasteiger partial charge in [0.05, 0.1) is 20.6 Å². The van der Waals surface area contributed by atoms with Gasteiger partial charge in [-0.1, -0.05) is 54.6 Å². The second kappa shape index (κ2) is 9.61. The molecular weight excluding hydrogens is 454 g/mol. The van der Waals surface area contributed by atoms with Gasteiger partial charge in [0.2, 0.25) is 0 Å². The number of ketones is 1. The molecule has 1 aliphatic carbocycles. The summed E-state index contributed by atoms with van der Waals surface area (Å²) in [6.45, 7) is -0.0865. The molecule has 0 saturated heterocycles. The number of rotatable bonds is 6. The molecule has 0 saturated carbocycles. The Bertz CT molecular complexity index is 1200. The first-order valence-corrected chi connectivity index (χ1v) is 11.0. The van der Waals surface area contributed by atoms with Gasteiger partial charge in [0.1, 0.15) is 29.6 Å². The molecule has 9 heteroatoms. The monoisotopic (exact) mass is 479 g/mol. The van der Waals surface area contributed by atoms with Gasteiger partial charge in [0, 0.05) is 6.42 Å². The number of carbonyl (C=O) groups excluding carboxylic acids is 4. The highest BCUT2D eigenvalue weighted by Crippen LogP contribution is 2.53. The Hall–Kier alpha value is -4.14. The number of nitrogens with two attached hydrogens (primary N) is 1. The van der Waals surface area contributed by atoms with Crippen molar-refractivity contribution in [3.63, 3.8) is 0 Å². The van der Waals surface area contributed by atoms with Crippen LogP contribution in [0, 0.1) is 5.92 Å². The van der Waals surface area contributed by atoms with Gasteiger partial charge in [0.25, 0.3) is 0 Å². The first kappa shape index (κ1) is 24.0. The molecule has 2 aromatic rings. The van der Waals surface area contributed by atoms with Crippen LogP contribution in [0.5, 0.6) is 0 Å². The van der Waals surface area contributed by atoms with E-state index in [9.17, 15) is 19.2 Å². The Kier molecular flexibility index (Phi) is 6.59. The zero-order valence-corrected chi connectivity index (χ0v) is 19.3. The van der Waals surface area contributed by atoms with Crippen molar-refractivity contribution in [2.75, 3.05) is 14.2 Å². The second-order valence-electron chi connectivity index (χ2n) is 8.30. The van der Waals surface area contributed by atoms with Crippen LogP contribution in [0.2, 0.25) is 0 Å². The largest absolute Gasteiger partial charge is 0.474 e. The van der Waals surface area contributed by atoms with Crippen LogP contribution in [0.4, 0.5) is 0 Å². The van der Waals surface area contributed by atoms with Crippen molar-refractivity contribution in [3.8, 4) is 0 Å². The molecule has 1 heterocycles. The fraction of sp³-hybridized carbons (Fsp3) is 0.308. The lowest BCUT2D eigenvalue weighted by Crippen LogP contribution is -2.58. The molecular formula is C26H25NO8. The van der Waals surface area contributed by atoms with Crippen LogP contribution in [0.15, 0.2) is 66.1 Å². The third kappa shape index (κ3) is 4.03. The average molecular weight is 479 g/mol. The second-order valence-corrected chi connectivity index (χ2v) is 8.30. The minimum absolute atomic E-state index is 0.0443. The molecule has 0 radical (unpaired) electrons. The zero-order valence-electron chi connectivity index (χ0n) is 19.3. The predicted octanol–water partition coefficient (Wildman–Crippen LogP) is 1.71. The molecule has 35 heavy (non-hydrogen) atoms. The first-order valence-electron chi connectivity index (χ1n) is 11.0. The normalized spacial score (nSPS) is 22.9. The summed E-state index contributed by atoms with van der Waals surface area (Å²) in [6.07, 6.45) is -1.65. The smallest absolute Gasteiger partial charge is 0.341 e. The van der Waals surface area contributed by atoms with Crippen molar-refractivity contribution in [2.24, 2.45) is 11.7 Å². The van der Waals surface area contributed by atoms with Crippen molar-refractivity contribution >= 4 is 23.7 Å². The van der Waals surface area contributed by atoms with Gasteiger partial charge in [-0.05, 0) is 16.7 Å². The molecule has 0 amide bonds. The lowest BCUT2D eigenvalue weighted by molar-refractivity contribution is -0.163. The van der Waals surface area contributed by atoms with Crippen LogP contribution in [-0.4, -0.2) is 44.0 Å². The number of ether oxygens (including phenoxy) is 4. The fourth-order valence-electron chi connectivity index (χ4n) is 4.98. The van der Waals surface area contributed by atoms with Crippen molar-refractivity contribution in [2.45, 2.75) is 31.0 Å². The summed E-state index contributed by atoms with van der Waals surface area (Å²) in [5.74, 6) is -4.62. The molecule has 0 fully saturated rings. The minimum atomic E-state index is -1.85. The van der Waals surface area contributed by atoms with E-state index in [0.29, 0.717) is 11.1 Å². The highest BCUT2D eigenvalue weighted by molar-refractivity contribution is 6.11. The van der Waals surface area contributed by atoms with E-state index in [2.05, 4.69) is 0 Å². The van der Waals surface area contributed by atoms with Crippen molar-refractivity contribution in [3.05, 3.63) is 82.7 Å². The molecule has 9 nitrogen and oxygen atoms in total. The number of hydrogen-bond donors (Lipinski definition) is 1. The summed E-state index contributed by atoms with van der Waals surface area (Å²) in [4.78, 5) is 52.7. The summed E-state index contributed by atoms with van der Waals surface area (Å²) in [6, 6.07) is 15.8. The summed E-state index contributed by atoms with van der Waals surface area (Å²) in [7, 11) is 2.35. The van der Waals surface area contributed by atoms with E-state index in [1.807, 2.05) is 6.07 Å². The SMILES string of the molecule is COC(=O)CC1OC(N)=C(C(=O)OCc2ccccc2)C2(C(=O)Cc3ccccc32)C1C(=O)OC. The van der Waals surface area contributed by atoms with Gasteiger partial charge in [-0.25, -0.2) is 4.79 Å². The van der Waals surface area contributed by atoms with Crippen molar-refractivity contribution in [1.29, 1.82) is 0 Å². The maximum absolute atomic E-state index is 13.8. The minimum Gasteiger partial charge on any atom is -0.474 e. The van der Waals surface area contributed by atoms with Crippen LogP contribution in [0.1, 0.15) is 23.1 Å². The van der Waals surface area contributed by atoms with E-state index < -0.39 is 41.1 Å². The van der Waals surface area contributed by atoms with E-state index in [0.717, 1.165) is 12.7 Å². The Morgan fingerprint density at radius 1 is 1.03 bits per heavy atom. The van der Waals surface area contributed by atoms with Crippen LogP contribution < -0.4 is 5.73 Å². The molecule has 1 spiro atoms. The molecule has 4 rings (SSSR count). The molecule has 2 aliphatic rings. The van der Waals surface area contributed by atoms with Gasteiger partial charge in [-0.15, -0.1) is 0 Å². The molecule has 0 bridgehead atoms. The van der Waals surface area contributed by atoms with Gasteiger partial charge in [-0.3, -0.25) is 14.4 Å². The number of hydrogen-bond acceptors (Lipinski definition) is 9. The molecule has 1 aliphatic heterocycles. The highest BCUT2D eigenvalue weighted by atomic mass is 16.6. The molecule has 3 atom stereocenters. The van der Waals surface area contributed by atoms with Gasteiger partial charge in [0.15, 0.2) is 11.7 Å². The van der Waals surface area contributed by atoms with E-state index in [-0.39, 0.29) is 30.9 Å². The number of fused-ring (bicyclic) bond motifs is 2. The zero-order chi connectivity index (χ0) is 25.2. The topological polar surface area (TPSA) is 131 Å². The van der Waals surface area contributed by atoms with Crippen molar-refractivity contribution < 1.29 is 38.1 Å². The third-order valence-corrected chi connectivity index (χ3v) is 6.46. The average Bonchev–Trinajstić information content (AvgIpc) is 3.14. The van der Waals surface area contributed by atoms with E-state index >= 15 is 0 Å². The molecule has 3 unspecified atom stereocenters. The Morgan fingerprint density at radius 3 is 2.40 bits per heavy atom. The summed E-state index contributed by atoms with van der Waals surface area (Å²) >= 11 is 0. The van der Waals surface area contributed by atoms with Gasteiger partial charge >= 0.3 is 17.9 Å². The Morgan fingerprint density at radius 2 is 1.71 bits per heavy atom. The van der Waals surface area contributed by atoms with Crippen molar-refractivity contribution in [1.82, 2.24) is 0 Å². The van der Waals surface area contributed by atoms with E-state index in [1.54, 1.807) is 48.5 Å². The van der Waals surface area contributed by atoms with E-state index in [1.165, 1.54) is 7.11 Å². The Labute approximate surface area is 201 Å². The van der Waals surface area contributed by atoms with Crippen LogP contribution >= 0.6 is 0 Å². The van der Waals surface area contributed by atoms with E-state index in [4.69, 9.17) is 24.7 Å².